The maximum absolute atomic E-state index is 12.5. The van der Waals surface area contributed by atoms with Crippen LogP contribution in [0.4, 0.5) is 5.69 Å². The van der Waals surface area contributed by atoms with Crippen LogP contribution in [0.25, 0.3) is 21.4 Å². The highest BCUT2D eigenvalue weighted by Gasteiger charge is 2.19. The van der Waals surface area contributed by atoms with E-state index in [9.17, 15) is 19.7 Å². The van der Waals surface area contributed by atoms with Crippen LogP contribution in [0.1, 0.15) is 10.4 Å². The summed E-state index contributed by atoms with van der Waals surface area (Å²) in [5.41, 5.74) is 1.22. The van der Waals surface area contributed by atoms with Crippen molar-refractivity contribution in [3.8, 4) is 16.9 Å². The molecule has 0 bridgehead atoms. The van der Waals surface area contributed by atoms with Crippen LogP contribution in [0.3, 0.4) is 0 Å². The van der Waals surface area contributed by atoms with Gasteiger partial charge in [0, 0.05) is 29.3 Å². The van der Waals surface area contributed by atoms with Gasteiger partial charge in [-0.05, 0) is 24.3 Å². The minimum absolute atomic E-state index is 0.0909. The summed E-state index contributed by atoms with van der Waals surface area (Å²) in [7, 11) is 0. The highest BCUT2D eigenvalue weighted by Crippen LogP contribution is 2.40. The van der Waals surface area contributed by atoms with Crippen molar-refractivity contribution in [2.75, 3.05) is 0 Å². The number of ether oxygens (including phenoxy) is 1. The van der Waals surface area contributed by atoms with Crippen LogP contribution >= 0.6 is 22.9 Å². The molecule has 0 aliphatic carbocycles. The van der Waals surface area contributed by atoms with E-state index in [1.165, 1.54) is 30.3 Å². The molecule has 1 aromatic heterocycles. The van der Waals surface area contributed by atoms with Crippen molar-refractivity contribution in [1.29, 1.82) is 0 Å². The van der Waals surface area contributed by atoms with Gasteiger partial charge < -0.3 is 9.15 Å². The van der Waals surface area contributed by atoms with Gasteiger partial charge in [0.25, 0.3) is 5.69 Å². The van der Waals surface area contributed by atoms with E-state index < -0.39 is 15.8 Å². The maximum atomic E-state index is 12.5. The SMILES string of the molecule is O=C(Oc1cc2sc(=O)oc2cc1-c1ccc([N+](=O)[O-])cc1Cl)c1ccccc1. The van der Waals surface area contributed by atoms with Gasteiger partial charge in [-0.15, -0.1) is 0 Å². The molecule has 0 aliphatic heterocycles. The van der Waals surface area contributed by atoms with Crippen molar-refractivity contribution < 1.29 is 18.9 Å². The molecule has 0 spiro atoms. The first kappa shape index (κ1) is 18.9. The van der Waals surface area contributed by atoms with Crippen LogP contribution in [0.15, 0.2) is 69.9 Å². The number of halogens is 1. The third kappa shape index (κ3) is 3.75. The molecule has 144 valence electrons. The molecule has 0 N–H and O–H groups in total. The number of rotatable bonds is 4. The van der Waals surface area contributed by atoms with Gasteiger partial charge in [0.2, 0.25) is 0 Å². The van der Waals surface area contributed by atoms with Crippen molar-refractivity contribution in [3.63, 3.8) is 0 Å². The largest absolute Gasteiger partial charge is 0.422 e. The van der Waals surface area contributed by atoms with E-state index in [0.29, 0.717) is 27.0 Å². The van der Waals surface area contributed by atoms with Crippen molar-refractivity contribution in [2.45, 2.75) is 0 Å². The highest BCUT2D eigenvalue weighted by molar-refractivity contribution is 7.16. The van der Waals surface area contributed by atoms with Crippen molar-refractivity contribution in [2.24, 2.45) is 0 Å². The summed E-state index contributed by atoms with van der Waals surface area (Å²) in [6.07, 6.45) is 0. The zero-order valence-corrected chi connectivity index (χ0v) is 16.0. The minimum Gasteiger partial charge on any atom is -0.422 e. The minimum atomic E-state index is -0.597. The predicted molar refractivity (Wildman–Crippen MR) is 109 cm³/mol. The van der Waals surface area contributed by atoms with Gasteiger partial charge in [0.1, 0.15) is 11.3 Å². The molecule has 0 saturated carbocycles. The number of carbonyl (C=O) groups excluding carboxylic acids is 1. The van der Waals surface area contributed by atoms with E-state index in [-0.39, 0.29) is 16.5 Å². The van der Waals surface area contributed by atoms with E-state index >= 15 is 0 Å². The molecule has 7 nitrogen and oxygen atoms in total. The number of hydrogen-bond donors (Lipinski definition) is 0. The second kappa shape index (κ2) is 7.50. The van der Waals surface area contributed by atoms with Crippen LogP contribution < -0.4 is 9.68 Å². The van der Waals surface area contributed by atoms with Crippen LogP contribution in [-0.2, 0) is 0 Å². The lowest BCUT2D eigenvalue weighted by Gasteiger charge is -2.12. The highest BCUT2D eigenvalue weighted by atomic mass is 35.5. The Bertz CT molecular complexity index is 1310. The van der Waals surface area contributed by atoms with Gasteiger partial charge in [-0.3, -0.25) is 10.1 Å². The Morgan fingerprint density at radius 2 is 1.83 bits per heavy atom. The average Bonchev–Trinajstić information content (AvgIpc) is 3.07. The van der Waals surface area contributed by atoms with Crippen molar-refractivity contribution in [3.05, 3.63) is 91.1 Å². The van der Waals surface area contributed by atoms with Crippen LogP contribution in [0, 0.1) is 10.1 Å². The maximum Gasteiger partial charge on any atom is 0.396 e. The van der Waals surface area contributed by atoms with Crippen LogP contribution in [-0.4, -0.2) is 10.9 Å². The number of fused-ring (bicyclic) bond motifs is 1. The molecule has 0 unspecified atom stereocenters. The van der Waals surface area contributed by atoms with Crippen molar-refractivity contribution >= 4 is 44.9 Å². The molecule has 9 heteroatoms. The third-order valence-electron chi connectivity index (χ3n) is 4.10. The summed E-state index contributed by atoms with van der Waals surface area (Å²) >= 11 is 7.12. The number of carbonyl (C=O) groups is 1. The van der Waals surface area contributed by atoms with Crippen molar-refractivity contribution in [1.82, 2.24) is 0 Å². The number of nitro benzene ring substituents is 1. The molecule has 0 aliphatic rings. The van der Waals surface area contributed by atoms with Gasteiger partial charge in [-0.1, -0.05) is 41.1 Å². The first-order chi connectivity index (χ1) is 13.9. The Morgan fingerprint density at radius 1 is 1.07 bits per heavy atom. The number of hydrogen-bond acceptors (Lipinski definition) is 7. The number of nitrogens with zero attached hydrogens (tertiary/aromatic N) is 1. The molecule has 4 aromatic rings. The summed E-state index contributed by atoms with van der Waals surface area (Å²) < 4.78 is 11.2. The normalized spacial score (nSPS) is 10.8. The smallest absolute Gasteiger partial charge is 0.396 e. The molecule has 0 atom stereocenters. The predicted octanol–water partition coefficient (Wildman–Crippen LogP) is 5.30. The van der Waals surface area contributed by atoms with E-state index in [0.717, 1.165) is 11.3 Å². The van der Waals surface area contributed by atoms with Gasteiger partial charge in [0.15, 0.2) is 0 Å². The second-order valence-electron chi connectivity index (χ2n) is 5.93. The van der Waals surface area contributed by atoms with Gasteiger partial charge in [-0.2, -0.15) is 0 Å². The lowest BCUT2D eigenvalue weighted by Crippen LogP contribution is -2.09. The fraction of sp³-hybridized carbons (Fsp3) is 0. The molecule has 0 saturated heterocycles. The van der Waals surface area contributed by atoms with Gasteiger partial charge in [-0.25, -0.2) is 9.59 Å². The molecular weight excluding hydrogens is 418 g/mol. The summed E-state index contributed by atoms with van der Waals surface area (Å²) in [6.45, 7) is 0. The van der Waals surface area contributed by atoms with Crippen LogP contribution in [0.2, 0.25) is 5.02 Å². The Labute approximate surface area is 171 Å². The van der Waals surface area contributed by atoms with E-state index in [1.807, 2.05) is 0 Å². The van der Waals surface area contributed by atoms with Gasteiger partial charge >= 0.3 is 10.9 Å². The standard InChI is InChI=1S/C20H10ClNO6S/c21-15-8-12(22(25)26)6-7-13(15)14-9-17-18(29-20(24)28-17)10-16(14)27-19(23)11-4-2-1-3-5-11/h1-10H. The number of esters is 1. The van der Waals surface area contributed by atoms with E-state index in [2.05, 4.69) is 0 Å². The molecule has 29 heavy (non-hydrogen) atoms. The van der Waals surface area contributed by atoms with Gasteiger partial charge in [0.05, 0.1) is 20.2 Å². The third-order valence-corrected chi connectivity index (χ3v) is 5.20. The lowest BCUT2D eigenvalue weighted by atomic mass is 10.0. The number of non-ortho nitro benzene ring substituents is 1. The fourth-order valence-corrected chi connectivity index (χ4v) is 3.72. The first-order valence-electron chi connectivity index (χ1n) is 8.21. The average molecular weight is 428 g/mol. The zero-order chi connectivity index (χ0) is 20.5. The second-order valence-corrected chi connectivity index (χ2v) is 7.31. The number of benzene rings is 3. The summed E-state index contributed by atoms with van der Waals surface area (Å²) in [5, 5.41) is 11.1. The summed E-state index contributed by atoms with van der Waals surface area (Å²) in [4.78, 5) is 34.1. The molecule has 3 aromatic carbocycles. The number of nitro groups is 1. The Balaban J connectivity index is 1.86. The fourth-order valence-electron chi connectivity index (χ4n) is 2.77. The van der Waals surface area contributed by atoms with E-state index in [1.54, 1.807) is 30.3 Å². The molecule has 4 rings (SSSR count). The first-order valence-corrected chi connectivity index (χ1v) is 9.41. The molecule has 0 fully saturated rings. The summed E-state index contributed by atoms with van der Waals surface area (Å²) in [6, 6.07) is 15.4. The van der Waals surface area contributed by atoms with Crippen LogP contribution in [0.5, 0.6) is 5.75 Å². The zero-order valence-electron chi connectivity index (χ0n) is 14.5. The Hall–Kier alpha value is -3.49. The topological polar surface area (TPSA) is 99.7 Å². The Kier molecular flexibility index (Phi) is 4.87. The molecular formula is C20H10ClNO6S. The molecule has 1 heterocycles. The quantitative estimate of drug-likeness (QED) is 0.189. The molecule has 0 amide bonds. The Morgan fingerprint density at radius 3 is 2.52 bits per heavy atom. The monoisotopic (exact) mass is 427 g/mol. The lowest BCUT2D eigenvalue weighted by molar-refractivity contribution is -0.384. The summed E-state index contributed by atoms with van der Waals surface area (Å²) in [5.74, 6) is -0.445. The van der Waals surface area contributed by atoms with E-state index in [4.69, 9.17) is 20.8 Å². The molecule has 0 radical (unpaired) electrons.